The molecule has 2 nitrogen and oxygen atoms in total. The Balaban J connectivity index is 1.71. The predicted molar refractivity (Wildman–Crippen MR) is 81.5 cm³/mol. The highest BCUT2D eigenvalue weighted by Crippen LogP contribution is 2.41. The highest BCUT2D eigenvalue weighted by Gasteiger charge is 2.35. The van der Waals surface area contributed by atoms with Gasteiger partial charge in [-0.1, -0.05) is 30.3 Å². The van der Waals surface area contributed by atoms with Crippen LogP contribution in [0.3, 0.4) is 0 Å². The van der Waals surface area contributed by atoms with Gasteiger partial charge in [0.1, 0.15) is 0 Å². The first kappa shape index (κ1) is 11.7. The van der Waals surface area contributed by atoms with Crippen LogP contribution in [0.15, 0.2) is 54.7 Å². The third kappa shape index (κ3) is 1.76. The summed E-state index contributed by atoms with van der Waals surface area (Å²) < 4.78 is 0. The van der Waals surface area contributed by atoms with Crippen LogP contribution in [0.4, 0.5) is 0 Å². The minimum Gasteiger partial charge on any atom is -0.385 e. The van der Waals surface area contributed by atoms with Crippen LogP contribution in [0.1, 0.15) is 24.8 Å². The van der Waals surface area contributed by atoms with Gasteiger partial charge in [0, 0.05) is 11.7 Å². The second kappa shape index (κ2) is 4.22. The molecule has 2 aromatic carbocycles. The number of aromatic amines is 1. The van der Waals surface area contributed by atoms with Crippen LogP contribution in [0.25, 0.3) is 22.0 Å². The Morgan fingerprint density at radius 3 is 2.35 bits per heavy atom. The summed E-state index contributed by atoms with van der Waals surface area (Å²) in [5.74, 6) is 0. The Labute approximate surface area is 118 Å². The molecule has 2 heteroatoms. The van der Waals surface area contributed by atoms with Crippen molar-refractivity contribution >= 4 is 10.9 Å². The van der Waals surface area contributed by atoms with E-state index in [0.717, 1.165) is 30.3 Å². The summed E-state index contributed by atoms with van der Waals surface area (Å²) in [4.78, 5) is 3.21. The van der Waals surface area contributed by atoms with Crippen LogP contribution in [0.5, 0.6) is 0 Å². The summed E-state index contributed by atoms with van der Waals surface area (Å²) in [5.41, 5.74) is 4.05. The summed E-state index contributed by atoms with van der Waals surface area (Å²) in [6.07, 6.45) is 4.87. The van der Waals surface area contributed by atoms with Gasteiger partial charge in [-0.05, 0) is 59.5 Å². The van der Waals surface area contributed by atoms with Crippen molar-refractivity contribution in [2.45, 2.75) is 24.9 Å². The zero-order valence-electron chi connectivity index (χ0n) is 11.3. The molecular formula is C18H17NO. The topological polar surface area (TPSA) is 36.0 Å². The van der Waals surface area contributed by atoms with E-state index in [1.165, 1.54) is 16.5 Å². The maximum Gasteiger partial charge on any atom is 0.0896 e. The van der Waals surface area contributed by atoms with E-state index in [1.54, 1.807) is 0 Å². The zero-order chi connectivity index (χ0) is 13.6. The quantitative estimate of drug-likeness (QED) is 0.714. The van der Waals surface area contributed by atoms with Crippen LogP contribution in [0.2, 0.25) is 0 Å². The van der Waals surface area contributed by atoms with Crippen LogP contribution in [-0.2, 0) is 5.60 Å². The molecule has 1 saturated carbocycles. The van der Waals surface area contributed by atoms with Crippen molar-refractivity contribution in [2.75, 3.05) is 0 Å². The van der Waals surface area contributed by atoms with Gasteiger partial charge in [0.25, 0.3) is 0 Å². The molecule has 0 aliphatic heterocycles. The van der Waals surface area contributed by atoms with E-state index < -0.39 is 5.60 Å². The van der Waals surface area contributed by atoms with Gasteiger partial charge >= 0.3 is 0 Å². The molecule has 1 aliphatic rings. The average Bonchev–Trinajstić information content (AvgIpc) is 2.92. The maximum atomic E-state index is 10.4. The molecule has 20 heavy (non-hydrogen) atoms. The summed E-state index contributed by atoms with van der Waals surface area (Å²) in [7, 11) is 0. The molecule has 0 atom stereocenters. The largest absolute Gasteiger partial charge is 0.385 e. The summed E-state index contributed by atoms with van der Waals surface area (Å²) in [5, 5.41) is 11.6. The molecule has 1 aliphatic carbocycles. The lowest BCUT2D eigenvalue weighted by molar-refractivity contribution is -0.0387. The van der Waals surface area contributed by atoms with E-state index >= 15 is 0 Å². The Morgan fingerprint density at radius 1 is 0.900 bits per heavy atom. The molecule has 0 spiro atoms. The molecule has 0 amide bonds. The molecule has 2 N–H and O–H groups in total. The molecule has 1 heterocycles. The lowest BCUT2D eigenvalue weighted by atomic mass is 9.75. The second-order valence-electron chi connectivity index (χ2n) is 5.74. The van der Waals surface area contributed by atoms with Gasteiger partial charge in [-0.2, -0.15) is 0 Å². The van der Waals surface area contributed by atoms with Gasteiger partial charge in [0.05, 0.1) is 5.60 Å². The number of nitrogens with one attached hydrogen (secondary N) is 1. The van der Waals surface area contributed by atoms with Crippen molar-refractivity contribution in [3.8, 4) is 11.1 Å². The highest BCUT2D eigenvalue weighted by molar-refractivity contribution is 5.85. The van der Waals surface area contributed by atoms with E-state index in [9.17, 15) is 5.11 Å². The average molecular weight is 263 g/mol. The number of hydrogen-bond acceptors (Lipinski definition) is 1. The fourth-order valence-electron chi connectivity index (χ4n) is 3.01. The lowest BCUT2D eigenvalue weighted by Crippen LogP contribution is -2.33. The number of hydrogen-bond donors (Lipinski definition) is 2. The Hall–Kier alpha value is -2.06. The van der Waals surface area contributed by atoms with Gasteiger partial charge in [-0.3, -0.25) is 0 Å². The Morgan fingerprint density at radius 2 is 1.65 bits per heavy atom. The number of rotatable bonds is 2. The minimum atomic E-state index is -0.566. The Kier molecular flexibility index (Phi) is 2.48. The van der Waals surface area contributed by atoms with Crippen molar-refractivity contribution in [3.63, 3.8) is 0 Å². The lowest BCUT2D eigenvalue weighted by Gasteiger charge is -2.37. The first-order valence-electron chi connectivity index (χ1n) is 7.15. The fraction of sp³-hybridized carbons (Fsp3) is 0.222. The van der Waals surface area contributed by atoms with Crippen LogP contribution in [0, 0.1) is 0 Å². The van der Waals surface area contributed by atoms with Gasteiger partial charge in [-0.15, -0.1) is 0 Å². The molecule has 0 saturated heterocycles. The van der Waals surface area contributed by atoms with E-state index in [0.29, 0.717) is 0 Å². The first-order chi connectivity index (χ1) is 9.74. The van der Waals surface area contributed by atoms with Gasteiger partial charge in [0.15, 0.2) is 0 Å². The van der Waals surface area contributed by atoms with Gasteiger partial charge < -0.3 is 10.1 Å². The maximum absolute atomic E-state index is 10.4. The number of aliphatic hydroxyl groups is 1. The van der Waals surface area contributed by atoms with Gasteiger partial charge in [0.2, 0.25) is 0 Å². The number of fused-ring (bicyclic) bond motifs is 1. The second-order valence-corrected chi connectivity index (χ2v) is 5.74. The monoisotopic (exact) mass is 263 g/mol. The van der Waals surface area contributed by atoms with Crippen LogP contribution >= 0.6 is 0 Å². The minimum absolute atomic E-state index is 0.566. The van der Waals surface area contributed by atoms with Crippen LogP contribution in [-0.4, -0.2) is 10.1 Å². The first-order valence-corrected chi connectivity index (χ1v) is 7.15. The third-order valence-corrected chi connectivity index (χ3v) is 4.49. The number of aromatic nitrogens is 1. The van der Waals surface area contributed by atoms with Crippen molar-refractivity contribution < 1.29 is 5.11 Å². The molecule has 1 aromatic heterocycles. The van der Waals surface area contributed by atoms with E-state index in [4.69, 9.17) is 0 Å². The number of benzene rings is 2. The highest BCUT2D eigenvalue weighted by atomic mass is 16.3. The normalized spacial score (nSPS) is 17.1. The molecule has 0 bridgehead atoms. The molecule has 0 radical (unpaired) electrons. The summed E-state index contributed by atoms with van der Waals surface area (Å²) >= 11 is 0. The fourth-order valence-corrected chi connectivity index (χ4v) is 3.01. The van der Waals surface area contributed by atoms with Crippen molar-refractivity contribution in [1.29, 1.82) is 0 Å². The molecule has 1 fully saturated rings. The van der Waals surface area contributed by atoms with E-state index in [1.807, 2.05) is 6.20 Å². The third-order valence-electron chi connectivity index (χ3n) is 4.49. The van der Waals surface area contributed by atoms with Gasteiger partial charge in [-0.25, -0.2) is 0 Å². The van der Waals surface area contributed by atoms with E-state index in [-0.39, 0.29) is 0 Å². The smallest absolute Gasteiger partial charge is 0.0896 e. The summed E-state index contributed by atoms with van der Waals surface area (Å²) in [6, 6.07) is 16.9. The molecule has 4 rings (SSSR count). The zero-order valence-corrected chi connectivity index (χ0v) is 11.3. The summed E-state index contributed by atoms with van der Waals surface area (Å²) in [6.45, 7) is 0. The van der Waals surface area contributed by atoms with Crippen molar-refractivity contribution in [1.82, 2.24) is 4.98 Å². The van der Waals surface area contributed by atoms with Crippen LogP contribution < -0.4 is 0 Å². The standard InChI is InChI=1S/C18H17NO/c20-18(9-1-10-18)16-5-2-13(3-6-16)14-4-7-17-15(12-14)8-11-19-17/h2-8,11-12,19-20H,1,9-10H2. The van der Waals surface area contributed by atoms with E-state index in [2.05, 4.69) is 53.5 Å². The molecule has 100 valence electrons. The van der Waals surface area contributed by atoms with Crippen molar-refractivity contribution in [3.05, 3.63) is 60.3 Å². The molecular weight excluding hydrogens is 246 g/mol. The SMILES string of the molecule is OC1(c2ccc(-c3ccc4[nH]ccc4c3)cc2)CCC1. The molecule has 0 unspecified atom stereocenters. The Bertz CT molecular complexity index is 750. The van der Waals surface area contributed by atoms with Crippen molar-refractivity contribution in [2.24, 2.45) is 0 Å². The number of H-pyrrole nitrogens is 1. The molecule has 3 aromatic rings. The predicted octanol–water partition coefficient (Wildman–Crippen LogP) is 4.21.